The number of anilines is 2. The van der Waals surface area contributed by atoms with Gasteiger partial charge in [-0.3, -0.25) is 9.78 Å². The van der Waals surface area contributed by atoms with Crippen molar-refractivity contribution in [3.63, 3.8) is 0 Å². The summed E-state index contributed by atoms with van der Waals surface area (Å²) < 4.78 is 7.53. The molecule has 0 atom stereocenters. The van der Waals surface area contributed by atoms with Crippen molar-refractivity contribution in [2.75, 3.05) is 28.7 Å². The first kappa shape index (κ1) is 20.8. The number of para-hydroxylation sites is 2. The molecule has 1 aromatic heterocycles. The van der Waals surface area contributed by atoms with Crippen molar-refractivity contribution < 1.29 is 9.53 Å². The van der Waals surface area contributed by atoms with Gasteiger partial charge >= 0.3 is 0 Å². The predicted octanol–water partition coefficient (Wildman–Crippen LogP) is 5.64. The Hall–Kier alpha value is -3.13. The number of carbonyl (C=O) groups is 1. The Morgan fingerprint density at radius 1 is 1.06 bits per heavy atom. The van der Waals surface area contributed by atoms with Crippen molar-refractivity contribution in [2.45, 2.75) is 0 Å². The Balaban J connectivity index is 1.35. The molecule has 5 rings (SSSR count). The lowest BCUT2D eigenvalue weighted by Crippen LogP contribution is -2.26. The van der Waals surface area contributed by atoms with E-state index in [9.17, 15) is 4.79 Å². The van der Waals surface area contributed by atoms with Crippen LogP contribution >= 0.6 is 23.5 Å². The molecule has 0 bridgehead atoms. The summed E-state index contributed by atoms with van der Waals surface area (Å²) in [7, 11) is 0. The first-order valence-corrected chi connectivity index (χ1v) is 11.4. The van der Waals surface area contributed by atoms with Gasteiger partial charge in [-0.1, -0.05) is 23.7 Å². The van der Waals surface area contributed by atoms with Crippen LogP contribution in [0.5, 0.6) is 0 Å². The number of nitrogens with one attached hydrogen (secondary N) is 1. The standard InChI is InChI=1S/C24H19ClN4O2S/c25-20-10-7-17(13-19(20)23-14-26-21-3-1-2-4-22(21)28-23)27-24(30)16-5-8-18(9-6-16)29-11-12-31-15-32-29/h1-10,13-14H,11-12,15H2,(H,27,30). The number of nitrogens with zero attached hydrogens (tertiary/aromatic N) is 3. The number of ether oxygens (including phenoxy) is 1. The molecule has 0 unspecified atom stereocenters. The number of carbonyl (C=O) groups excluding carboxylic acids is 1. The van der Waals surface area contributed by atoms with E-state index in [1.165, 1.54) is 0 Å². The van der Waals surface area contributed by atoms with E-state index < -0.39 is 0 Å². The highest BCUT2D eigenvalue weighted by molar-refractivity contribution is 8.00. The highest BCUT2D eigenvalue weighted by atomic mass is 35.5. The van der Waals surface area contributed by atoms with Crippen LogP contribution in [0, 0.1) is 0 Å². The molecule has 0 saturated carbocycles. The fourth-order valence-electron chi connectivity index (χ4n) is 3.44. The Labute approximate surface area is 194 Å². The van der Waals surface area contributed by atoms with E-state index in [2.05, 4.69) is 19.6 Å². The Morgan fingerprint density at radius 2 is 1.88 bits per heavy atom. The van der Waals surface area contributed by atoms with Crippen molar-refractivity contribution in [3.8, 4) is 11.3 Å². The van der Waals surface area contributed by atoms with Gasteiger partial charge in [0, 0.05) is 22.5 Å². The molecule has 32 heavy (non-hydrogen) atoms. The Morgan fingerprint density at radius 3 is 2.66 bits per heavy atom. The molecule has 160 valence electrons. The maximum Gasteiger partial charge on any atom is 0.255 e. The van der Waals surface area contributed by atoms with Crippen molar-refractivity contribution in [3.05, 3.63) is 83.5 Å². The monoisotopic (exact) mass is 462 g/mol. The van der Waals surface area contributed by atoms with Gasteiger partial charge in [0.15, 0.2) is 0 Å². The van der Waals surface area contributed by atoms with Crippen molar-refractivity contribution in [1.29, 1.82) is 0 Å². The van der Waals surface area contributed by atoms with E-state index in [1.54, 1.807) is 30.3 Å². The smallest absolute Gasteiger partial charge is 0.255 e. The fraction of sp³-hybridized carbons (Fsp3) is 0.125. The first-order chi connectivity index (χ1) is 15.7. The Bertz CT molecular complexity index is 1280. The van der Waals surface area contributed by atoms with Crippen LogP contribution < -0.4 is 9.62 Å². The number of aromatic nitrogens is 2. The molecule has 8 heteroatoms. The van der Waals surface area contributed by atoms with E-state index in [-0.39, 0.29) is 5.91 Å². The number of halogens is 1. The molecule has 1 saturated heterocycles. The summed E-state index contributed by atoms with van der Waals surface area (Å²) in [6.45, 7) is 1.52. The van der Waals surface area contributed by atoms with Crippen LogP contribution in [0.1, 0.15) is 10.4 Å². The van der Waals surface area contributed by atoms with Gasteiger partial charge in [-0.15, -0.1) is 0 Å². The maximum absolute atomic E-state index is 12.8. The van der Waals surface area contributed by atoms with E-state index in [4.69, 9.17) is 16.3 Å². The largest absolute Gasteiger partial charge is 0.367 e. The Kier molecular flexibility index (Phi) is 5.94. The quantitative estimate of drug-likeness (QED) is 0.395. The van der Waals surface area contributed by atoms with Crippen molar-refractivity contribution in [1.82, 2.24) is 9.97 Å². The average molecular weight is 463 g/mol. The number of hydrogen-bond acceptors (Lipinski definition) is 6. The highest BCUT2D eigenvalue weighted by Gasteiger charge is 2.14. The number of fused-ring (bicyclic) bond motifs is 1. The van der Waals surface area contributed by atoms with Gasteiger partial charge in [0.1, 0.15) is 5.94 Å². The maximum atomic E-state index is 12.8. The lowest BCUT2D eigenvalue weighted by molar-refractivity contribution is 0.102. The zero-order valence-corrected chi connectivity index (χ0v) is 18.6. The van der Waals surface area contributed by atoms with E-state index in [1.807, 2.05) is 54.6 Å². The van der Waals surface area contributed by atoms with Crippen LogP contribution in [0.2, 0.25) is 5.02 Å². The number of benzene rings is 3. The molecule has 1 aliphatic rings. The normalized spacial score (nSPS) is 13.8. The molecule has 2 heterocycles. The van der Waals surface area contributed by atoms with Gasteiger partial charge in [0.2, 0.25) is 0 Å². The molecule has 6 nitrogen and oxygen atoms in total. The van der Waals surface area contributed by atoms with Gasteiger partial charge in [-0.25, -0.2) is 4.98 Å². The van der Waals surface area contributed by atoms with E-state index >= 15 is 0 Å². The molecular weight excluding hydrogens is 444 g/mol. The lowest BCUT2D eigenvalue weighted by atomic mass is 10.1. The second-order valence-electron chi connectivity index (χ2n) is 7.20. The van der Waals surface area contributed by atoms with Crippen LogP contribution in [-0.4, -0.2) is 35.0 Å². The summed E-state index contributed by atoms with van der Waals surface area (Å²) in [6.07, 6.45) is 1.69. The molecular formula is C24H19ClN4O2S. The van der Waals surface area contributed by atoms with Crippen molar-refractivity contribution >= 4 is 51.9 Å². The third-order valence-electron chi connectivity index (χ3n) is 5.10. The summed E-state index contributed by atoms with van der Waals surface area (Å²) in [5.74, 6) is 0.451. The zero-order chi connectivity index (χ0) is 21.9. The van der Waals surface area contributed by atoms with Gasteiger partial charge in [0.05, 0.1) is 41.1 Å². The van der Waals surface area contributed by atoms with Gasteiger partial charge < -0.3 is 14.4 Å². The fourth-order valence-corrected chi connectivity index (χ4v) is 4.45. The predicted molar refractivity (Wildman–Crippen MR) is 130 cm³/mol. The molecule has 1 amide bonds. The van der Waals surface area contributed by atoms with Crippen molar-refractivity contribution in [2.24, 2.45) is 0 Å². The van der Waals surface area contributed by atoms with Gasteiger partial charge in [-0.05, 0) is 66.5 Å². The lowest BCUT2D eigenvalue weighted by Gasteiger charge is -2.27. The number of rotatable bonds is 4. The number of hydrogen-bond donors (Lipinski definition) is 1. The zero-order valence-electron chi connectivity index (χ0n) is 17.0. The molecule has 1 N–H and O–H groups in total. The average Bonchev–Trinajstić information content (AvgIpc) is 2.85. The second kappa shape index (κ2) is 9.16. The summed E-state index contributed by atoms with van der Waals surface area (Å²) in [5, 5.41) is 3.49. The highest BCUT2D eigenvalue weighted by Crippen LogP contribution is 2.30. The molecule has 0 radical (unpaired) electrons. The molecule has 3 aromatic carbocycles. The van der Waals surface area contributed by atoms with Gasteiger partial charge in [-0.2, -0.15) is 0 Å². The van der Waals surface area contributed by atoms with E-state index in [0.29, 0.717) is 40.1 Å². The molecule has 0 aliphatic carbocycles. The minimum atomic E-state index is -0.191. The molecule has 1 aliphatic heterocycles. The second-order valence-corrected chi connectivity index (χ2v) is 8.54. The summed E-state index contributed by atoms with van der Waals surface area (Å²) in [6, 6.07) is 20.6. The summed E-state index contributed by atoms with van der Waals surface area (Å²) >= 11 is 8.05. The summed E-state index contributed by atoms with van der Waals surface area (Å²) in [4.78, 5) is 21.9. The number of amides is 1. The van der Waals surface area contributed by atoms with Crippen LogP contribution in [0.4, 0.5) is 11.4 Å². The minimum Gasteiger partial charge on any atom is -0.367 e. The van der Waals surface area contributed by atoms with Crippen LogP contribution in [0.3, 0.4) is 0 Å². The molecule has 1 fully saturated rings. The minimum absolute atomic E-state index is 0.191. The van der Waals surface area contributed by atoms with Crippen LogP contribution in [0.15, 0.2) is 72.9 Å². The topological polar surface area (TPSA) is 67.4 Å². The third kappa shape index (κ3) is 4.41. The summed E-state index contributed by atoms with van der Waals surface area (Å²) in [5.41, 5.74) is 5.23. The van der Waals surface area contributed by atoms with Crippen LogP contribution in [0.25, 0.3) is 22.3 Å². The molecule has 4 aromatic rings. The van der Waals surface area contributed by atoms with E-state index in [0.717, 1.165) is 23.3 Å². The first-order valence-electron chi connectivity index (χ1n) is 10.1. The molecule has 0 spiro atoms. The van der Waals surface area contributed by atoms with Crippen LogP contribution in [-0.2, 0) is 4.74 Å². The third-order valence-corrected chi connectivity index (χ3v) is 6.40. The van der Waals surface area contributed by atoms with Gasteiger partial charge in [0.25, 0.3) is 5.91 Å². The SMILES string of the molecule is O=C(Nc1ccc(Cl)c(-c2cnc3ccccc3n2)c1)c1ccc(N2CCOCS2)cc1.